The summed E-state index contributed by atoms with van der Waals surface area (Å²) in [4.78, 5) is 12.3. The van der Waals surface area contributed by atoms with Gasteiger partial charge in [0.25, 0.3) is 0 Å². The molecule has 1 N–H and O–H groups in total. The lowest BCUT2D eigenvalue weighted by atomic mass is 10.0. The van der Waals surface area contributed by atoms with Gasteiger partial charge in [-0.1, -0.05) is 92.8 Å². The van der Waals surface area contributed by atoms with Gasteiger partial charge in [0.05, 0.1) is 0 Å². The van der Waals surface area contributed by atoms with Crippen LogP contribution in [0.2, 0.25) is 0 Å². The number of nitrogens with one attached hydrogen (secondary N) is 1. The molecule has 0 aliphatic rings. The van der Waals surface area contributed by atoms with Gasteiger partial charge in [-0.3, -0.25) is 4.79 Å². The molecule has 1 atom stereocenters. The fraction of sp³-hybridized carbons (Fsp3) is 0.250. The van der Waals surface area contributed by atoms with Gasteiger partial charge >= 0.3 is 0 Å². The summed E-state index contributed by atoms with van der Waals surface area (Å²) >= 11 is 1.38. The van der Waals surface area contributed by atoms with E-state index in [0.717, 1.165) is 16.1 Å². The number of carbonyl (C=O) groups is 1. The average molecular weight is 353 g/mol. The van der Waals surface area contributed by atoms with Crippen molar-refractivity contribution in [3.63, 3.8) is 0 Å². The molecule has 0 saturated carbocycles. The molecule has 5 heteroatoms. The maximum atomic E-state index is 12.3. The molecule has 130 valence electrons. The highest BCUT2D eigenvalue weighted by Gasteiger charge is 2.16. The number of carbonyl (C=O) groups excluding carboxylic acids is 1. The van der Waals surface area contributed by atoms with Gasteiger partial charge < -0.3 is 5.32 Å². The summed E-state index contributed by atoms with van der Waals surface area (Å²) in [6.07, 6.45) is 0.705. The molecule has 1 amide bonds. The SMILES string of the molecule is CC.CC(Cc1ccccc1)C(=O)Nc1nnc(-c2ccccc2)s1. The maximum Gasteiger partial charge on any atom is 0.229 e. The van der Waals surface area contributed by atoms with Crippen molar-refractivity contribution in [2.75, 3.05) is 5.32 Å². The van der Waals surface area contributed by atoms with E-state index in [9.17, 15) is 4.79 Å². The van der Waals surface area contributed by atoms with E-state index < -0.39 is 0 Å². The summed E-state index contributed by atoms with van der Waals surface area (Å²) in [6, 6.07) is 19.8. The standard InChI is InChI=1S/C18H17N3OS.C2H6/c1-13(12-14-8-4-2-5-9-14)16(22)19-18-21-20-17(23-18)15-10-6-3-7-11-15;1-2/h2-11,13H,12H2,1H3,(H,19,21,22);1-2H3. The number of benzene rings is 2. The zero-order valence-electron chi connectivity index (χ0n) is 14.8. The van der Waals surface area contributed by atoms with Crippen molar-refractivity contribution < 1.29 is 4.79 Å². The predicted octanol–water partition coefficient (Wildman–Crippen LogP) is 5.05. The molecule has 0 aliphatic heterocycles. The Morgan fingerprint density at radius 1 is 1.00 bits per heavy atom. The first kappa shape index (κ1) is 18.8. The van der Waals surface area contributed by atoms with Gasteiger partial charge in [-0.05, 0) is 12.0 Å². The number of rotatable bonds is 5. The Kier molecular flexibility index (Phi) is 7.29. The van der Waals surface area contributed by atoms with Crippen molar-refractivity contribution in [1.82, 2.24) is 10.2 Å². The van der Waals surface area contributed by atoms with Crippen molar-refractivity contribution in [2.24, 2.45) is 5.92 Å². The molecule has 0 saturated heterocycles. The van der Waals surface area contributed by atoms with Gasteiger partial charge in [-0.25, -0.2) is 0 Å². The lowest BCUT2D eigenvalue weighted by Crippen LogP contribution is -2.22. The minimum Gasteiger partial charge on any atom is -0.300 e. The van der Waals surface area contributed by atoms with Crippen LogP contribution in [-0.4, -0.2) is 16.1 Å². The van der Waals surface area contributed by atoms with Gasteiger partial charge in [0.2, 0.25) is 11.0 Å². The molecule has 3 aromatic rings. The smallest absolute Gasteiger partial charge is 0.229 e. The summed E-state index contributed by atoms with van der Waals surface area (Å²) in [7, 11) is 0. The molecule has 0 spiro atoms. The third-order valence-electron chi connectivity index (χ3n) is 3.51. The van der Waals surface area contributed by atoms with E-state index in [0.29, 0.717) is 11.6 Å². The summed E-state index contributed by atoms with van der Waals surface area (Å²) in [6.45, 7) is 5.92. The van der Waals surface area contributed by atoms with Crippen LogP contribution in [0.15, 0.2) is 60.7 Å². The molecule has 0 aliphatic carbocycles. The van der Waals surface area contributed by atoms with E-state index in [1.165, 1.54) is 11.3 Å². The number of nitrogens with zero attached hydrogens (tertiary/aromatic N) is 2. The van der Waals surface area contributed by atoms with Crippen LogP contribution >= 0.6 is 11.3 Å². The Hall–Kier alpha value is -2.53. The minimum absolute atomic E-state index is 0.0374. The van der Waals surface area contributed by atoms with E-state index >= 15 is 0 Å². The molecule has 25 heavy (non-hydrogen) atoms. The van der Waals surface area contributed by atoms with E-state index in [2.05, 4.69) is 15.5 Å². The topological polar surface area (TPSA) is 54.9 Å². The second-order valence-corrected chi connectivity index (χ2v) is 6.34. The zero-order chi connectivity index (χ0) is 18.1. The zero-order valence-corrected chi connectivity index (χ0v) is 15.6. The van der Waals surface area contributed by atoms with E-state index in [4.69, 9.17) is 0 Å². The van der Waals surface area contributed by atoms with E-state index in [-0.39, 0.29) is 11.8 Å². The molecule has 0 radical (unpaired) electrons. The van der Waals surface area contributed by atoms with Gasteiger partial charge in [-0.2, -0.15) is 0 Å². The second kappa shape index (κ2) is 9.69. The molecule has 3 rings (SSSR count). The number of hydrogen-bond donors (Lipinski definition) is 1. The van der Waals surface area contributed by atoms with Crippen LogP contribution < -0.4 is 5.32 Å². The molecule has 2 aromatic carbocycles. The summed E-state index contributed by atoms with van der Waals surface area (Å²) in [5, 5.41) is 12.4. The molecule has 1 aromatic heterocycles. The fourth-order valence-corrected chi connectivity index (χ4v) is 3.01. The van der Waals surface area contributed by atoms with Gasteiger partial charge in [0.15, 0.2) is 0 Å². The minimum atomic E-state index is -0.124. The second-order valence-electron chi connectivity index (χ2n) is 5.36. The van der Waals surface area contributed by atoms with Crippen molar-refractivity contribution in [3.05, 3.63) is 66.2 Å². The first-order valence-corrected chi connectivity index (χ1v) is 9.28. The van der Waals surface area contributed by atoms with E-state index in [1.54, 1.807) is 0 Å². The number of anilines is 1. The Morgan fingerprint density at radius 2 is 1.60 bits per heavy atom. The molecule has 1 heterocycles. The van der Waals surface area contributed by atoms with Crippen LogP contribution in [0.5, 0.6) is 0 Å². The molecular formula is C20H23N3OS. The summed E-state index contributed by atoms with van der Waals surface area (Å²) < 4.78 is 0. The highest BCUT2D eigenvalue weighted by atomic mass is 32.1. The highest BCUT2D eigenvalue weighted by molar-refractivity contribution is 7.18. The Balaban J connectivity index is 0.00000109. The predicted molar refractivity (Wildman–Crippen MR) is 105 cm³/mol. The third-order valence-corrected chi connectivity index (χ3v) is 4.40. The molecule has 0 fully saturated rings. The first-order valence-electron chi connectivity index (χ1n) is 8.46. The first-order chi connectivity index (χ1) is 12.2. The molecule has 4 nitrogen and oxygen atoms in total. The third kappa shape index (κ3) is 5.50. The summed E-state index contributed by atoms with van der Waals surface area (Å²) in [5.74, 6) is -0.161. The largest absolute Gasteiger partial charge is 0.300 e. The fourth-order valence-electron chi connectivity index (χ4n) is 2.26. The molecule has 1 unspecified atom stereocenters. The monoisotopic (exact) mass is 353 g/mol. The average Bonchev–Trinajstić information content (AvgIpc) is 3.13. The van der Waals surface area contributed by atoms with Crippen LogP contribution in [0, 0.1) is 5.92 Å². The van der Waals surface area contributed by atoms with Crippen LogP contribution in [0.25, 0.3) is 10.6 Å². The Labute approximate surface area is 153 Å². The van der Waals surface area contributed by atoms with Crippen molar-refractivity contribution in [2.45, 2.75) is 27.2 Å². The van der Waals surface area contributed by atoms with Crippen LogP contribution in [0.4, 0.5) is 5.13 Å². The van der Waals surface area contributed by atoms with Gasteiger partial charge in [0, 0.05) is 11.5 Å². The van der Waals surface area contributed by atoms with Gasteiger partial charge in [0.1, 0.15) is 5.01 Å². The van der Waals surface area contributed by atoms with Crippen LogP contribution in [0.1, 0.15) is 26.3 Å². The number of hydrogen-bond acceptors (Lipinski definition) is 4. The van der Waals surface area contributed by atoms with Crippen molar-refractivity contribution in [1.29, 1.82) is 0 Å². The quantitative estimate of drug-likeness (QED) is 0.698. The van der Waals surface area contributed by atoms with Crippen molar-refractivity contribution in [3.8, 4) is 10.6 Å². The summed E-state index contributed by atoms with van der Waals surface area (Å²) in [5.41, 5.74) is 2.15. The molecule has 0 bridgehead atoms. The van der Waals surface area contributed by atoms with Crippen LogP contribution in [-0.2, 0) is 11.2 Å². The Morgan fingerprint density at radius 3 is 2.24 bits per heavy atom. The highest BCUT2D eigenvalue weighted by Crippen LogP contribution is 2.26. The normalized spacial score (nSPS) is 11.2. The van der Waals surface area contributed by atoms with Crippen molar-refractivity contribution >= 4 is 22.4 Å². The number of amides is 1. The van der Waals surface area contributed by atoms with Gasteiger partial charge in [-0.15, -0.1) is 10.2 Å². The maximum absolute atomic E-state index is 12.3. The lowest BCUT2D eigenvalue weighted by molar-refractivity contribution is -0.119. The molecular weight excluding hydrogens is 330 g/mol. The van der Waals surface area contributed by atoms with E-state index in [1.807, 2.05) is 81.4 Å². The Bertz CT molecular complexity index is 772. The van der Waals surface area contributed by atoms with Crippen LogP contribution in [0.3, 0.4) is 0 Å². The lowest BCUT2D eigenvalue weighted by Gasteiger charge is -2.10. The number of aromatic nitrogens is 2.